The van der Waals surface area contributed by atoms with Gasteiger partial charge in [-0.2, -0.15) is 13.2 Å². The molecule has 2 rings (SSSR count). The van der Waals surface area contributed by atoms with Gasteiger partial charge in [-0.25, -0.2) is 4.98 Å². The topological polar surface area (TPSA) is 39.2 Å². The van der Waals surface area contributed by atoms with Gasteiger partial charge in [0.05, 0.1) is 16.1 Å². The molecular weight excluding hydrogens is 295 g/mol. The first-order valence-corrected chi connectivity index (χ1v) is 5.74. The second-order valence-corrected chi connectivity index (χ2v) is 4.17. The Morgan fingerprint density at radius 1 is 1.25 bits per heavy atom. The Balaban J connectivity index is 2.33. The molecule has 3 nitrogen and oxygen atoms in total. The van der Waals surface area contributed by atoms with Gasteiger partial charge in [0, 0.05) is 6.20 Å². The Morgan fingerprint density at radius 3 is 2.60 bits per heavy atom. The molecule has 0 bridgehead atoms. The summed E-state index contributed by atoms with van der Waals surface area (Å²) in [7, 11) is 0. The lowest BCUT2D eigenvalue weighted by molar-refractivity contribution is -0.137. The lowest BCUT2D eigenvalue weighted by atomic mass is 10.2. The van der Waals surface area contributed by atoms with Crippen molar-refractivity contribution in [3.05, 3.63) is 52.7 Å². The highest BCUT2D eigenvalue weighted by atomic mass is 35.5. The summed E-state index contributed by atoms with van der Waals surface area (Å²) in [5.41, 5.74) is -0.713. The first-order valence-electron chi connectivity index (χ1n) is 5.36. The van der Waals surface area contributed by atoms with Gasteiger partial charge >= 0.3 is 6.18 Å². The number of rotatable bonds is 3. The van der Waals surface area contributed by atoms with Gasteiger partial charge < -0.3 is 4.74 Å². The third-order valence-corrected chi connectivity index (χ3v) is 2.69. The normalized spacial score (nSPS) is 11.2. The first kappa shape index (κ1) is 14.3. The van der Waals surface area contributed by atoms with Crippen LogP contribution in [0.15, 0.2) is 36.5 Å². The number of hydrogen-bond acceptors (Lipinski definition) is 3. The van der Waals surface area contributed by atoms with E-state index in [9.17, 15) is 18.0 Å². The van der Waals surface area contributed by atoms with E-state index in [2.05, 4.69) is 4.98 Å². The number of carbonyl (C=O) groups is 1. The van der Waals surface area contributed by atoms with Gasteiger partial charge in [0.1, 0.15) is 5.75 Å². The van der Waals surface area contributed by atoms with Crippen molar-refractivity contribution in [2.24, 2.45) is 0 Å². The summed E-state index contributed by atoms with van der Waals surface area (Å²) in [5, 5.41) is -0.220. The standard InChI is InChI=1S/C13H7ClF3NO2/c14-10-6-9(13(15,16)17)3-4-11(10)20-12-8(7-19)2-1-5-18-12/h1-7H. The monoisotopic (exact) mass is 301 g/mol. The third kappa shape index (κ3) is 3.08. The Bertz CT molecular complexity index is 644. The predicted molar refractivity (Wildman–Crippen MR) is 66.2 cm³/mol. The van der Waals surface area contributed by atoms with E-state index in [1.54, 1.807) is 0 Å². The number of halogens is 4. The van der Waals surface area contributed by atoms with Crippen LogP contribution in [0.5, 0.6) is 11.6 Å². The number of nitrogens with zero attached hydrogens (tertiary/aromatic N) is 1. The van der Waals surface area contributed by atoms with Gasteiger partial charge in [-0.15, -0.1) is 0 Å². The fourth-order valence-corrected chi connectivity index (χ4v) is 1.66. The number of alkyl halides is 3. The molecule has 0 spiro atoms. The molecule has 104 valence electrons. The predicted octanol–water partition coefficient (Wildman–Crippen LogP) is 4.36. The van der Waals surface area contributed by atoms with Crippen LogP contribution in [-0.4, -0.2) is 11.3 Å². The second-order valence-electron chi connectivity index (χ2n) is 3.76. The van der Waals surface area contributed by atoms with Crippen molar-refractivity contribution in [1.29, 1.82) is 0 Å². The van der Waals surface area contributed by atoms with Crippen molar-refractivity contribution in [2.75, 3.05) is 0 Å². The number of hydrogen-bond donors (Lipinski definition) is 0. The molecule has 0 saturated carbocycles. The molecule has 0 atom stereocenters. The fraction of sp³-hybridized carbons (Fsp3) is 0.0769. The van der Waals surface area contributed by atoms with Crippen LogP contribution in [0.1, 0.15) is 15.9 Å². The third-order valence-electron chi connectivity index (χ3n) is 2.39. The van der Waals surface area contributed by atoms with Gasteiger partial charge in [-0.05, 0) is 30.3 Å². The Kier molecular flexibility index (Phi) is 3.94. The summed E-state index contributed by atoms with van der Waals surface area (Å²) in [6.07, 6.45) is -2.57. The van der Waals surface area contributed by atoms with Gasteiger partial charge in [-0.3, -0.25) is 4.79 Å². The lowest BCUT2D eigenvalue weighted by Crippen LogP contribution is -2.04. The smallest absolute Gasteiger partial charge is 0.416 e. The summed E-state index contributed by atoms with van der Waals surface area (Å²) in [6.45, 7) is 0. The van der Waals surface area contributed by atoms with Gasteiger partial charge in [0.25, 0.3) is 0 Å². The minimum Gasteiger partial charge on any atom is -0.437 e. The highest BCUT2D eigenvalue weighted by Gasteiger charge is 2.31. The molecule has 0 amide bonds. The van der Waals surface area contributed by atoms with Crippen molar-refractivity contribution in [2.45, 2.75) is 6.18 Å². The van der Waals surface area contributed by atoms with E-state index in [-0.39, 0.29) is 22.2 Å². The minimum absolute atomic E-state index is 0.0125. The Morgan fingerprint density at radius 2 is 2.00 bits per heavy atom. The maximum Gasteiger partial charge on any atom is 0.416 e. The van der Waals surface area contributed by atoms with Crippen LogP contribution in [0.2, 0.25) is 5.02 Å². The van der Waals surface area contributed by atoms with E-state index >= 15 is 0 Å². The van der Waals surface area contributed by atoms with E-state index in [4.69, 9.17) is 16.3 Å². The molecule has 0 fully saturated rings. The van der Waals surface area contributed by atoms with Crippen LogP contribution in [0.3, 0.4) is 0 Å². The van der Waals surface area contributed by atoms with Crippen molar-refractivity contribution in [3.8, 4) is 11.6 Å². The average Bonchev–Trinajstić information content (AvgIpc) is 2.40. The SMILES string of the molecule is O=Cc1cccnc1Oc1ccc(C(F)(F)F)cc1Cl. The van der Waals surface area contributed by atoms with Crippen molar-refractivity contribution >= 4 is 17.9 Å². The molecule has 1 heterocycles. The molecule has 0 aliphatic carbocycles. The van der Waals surface area contributed by atoms with E-state index in [0.29, 0.717) is 6.29 Å². The van der Waals surface area contributed by atoms with Gasteiger partial charge in [0.15, 0.2) is 6.29 Å². The van der Waals surface area contributed by atoms with E-state index in [1.807, 2.05) is 0 Å². The minimum atomic E-state index is -4.48. The lowest BCUT2D eigenvalue weighted by Gasteiger charge is -2.11. The molecule has 0 N–H and O–H groups in total. The number of benzene rings is 1. The van der Waals surface area contributed by atoms with Crippen LogP contribution in [0.4, 0.5) is 13.2 Å². The van der Waals surface area contributed by atoms with Crippen LogP contribution >= 0.6 is 11.6 Å². The highest BCUT2D eigenvalue weighted by Crippen LogP contribution is 2.36. The summed E-state index contributed by atoms with van der Waals surface area (Å²) < 4.78 is 42.7. The van der Waals surface area contributed by atoms with E-state index in [1.165, 1.54) is 18.3 Å². The van der Waals surface area contributed by atoms with Crippen LogP contribution < -0.4 is 4.74 Å². The van der Waals surface area contributed by atoms with Crippen LogP contribution in [0, 0.1) is 0 Å². The zero-order valence-corrected chi connectivity index (χ0v) is 10.6. The molecule has 0 aliphatic rings. The summed E-state index contributed by atoms with van der Waals surface area (Å²) in [4.78, 5) is 14.6. The highest BCUT2D eigenvalue weighted by molar-refractivity contribution is 6.32. The Labute approximate surface area is 117 Å². The van der Waals surface area contributed by atoms with E-state index in [0.717, 1.165) is 18.2 Å². The van der Waals surface area contributed by atoms with E-state index < -0.39 is 11.7 Å². The fourth-order valence-electron chi connectivity index (χ4n) is 1.44. The largest absolute Gasteiger partial charge is 0.437 e. The molecule has 0 radical (unpaired) electrons. The molecule has 1 aromatic heterocycles. The summed E-state index contributed by atoms with van der Waals surface area (Å²) >= 11 is 5.74. The summed E-state index contributed by atoms with van der Waals surface area (Å²) in [5.74, 6) is -0.0365. The number of ether oxygens (including phenoxy) is 1. The van der Waals surface area contributed by atoms with Gasteiger partial charge in [0.2, 0.25) is 5.88 Å². The molecule has 0 unspecified atom stereocenters. The number of pyridine rings is 1. The van der Waals surface area contributed by atoms with Crippen molar-refractivity contribution in [3.63, 3.8) is 0 Å². The molecule has 0 aliphatic heterocycles. The quantitative estimate of drug-likeness (QED) is 0.791. The molecule has 7 heteroatoms. The first-order chi connectivity index (χ1) is 9.41. The zero-order valence-electron chi connectivity index (χ0n) is 9.82. The van der Waals surface area contributed by atoms with Crippen molar-refractivity contribution in [1.82, 2.24) is 4.98 Å². The zero-order chi connectivity index (χ0) is 14.8. The van der Waals surface area contributed by atoms with Crippen LogP contribution in [-0.2, 0) is 6.18 Å². The molecule has 20 heavy (non-hydrogen) atoms. The second kappa shape index (κ2) is 5.50. The van der Waals surface area contributed by atoms with Crippen LogP contribution in [0.25, 0.3) is 0 Å². The molecular formula is C13H7ClF3NO2. The maximum atomic E-state index is 12.5. The Hall–Kier alpha value is -2.08. The number of carbonyl (C=O) groups excluding carboxylic acids is 1. The number of aromatic nitrogens is 1. The van der Waals surface area contributed by atoms with Gasteiger partial charge in [-0.1, -0.05) is 11.6 Å². The molecule has 1 aromatic carbocycles. The van der Waals surface area contributed by atoms with Crippen molar-refractivity contribution < 1.29 is 22.7 Å². The maximum absolute atomic E-state index is 12.5. The number of aldehydes is 1. The summed E-state index contributed by atoms with van der Waals surface area (Å²) in [6, 6.07) is 5.66. The molecule has 2 aromatic rings. The molecule has 0 saturated heterocycles. The average molecular weight is 302 g/mol.